The van der Waals surface area contributed by atoms with Crippen LogP contribution >= 0.6 is 15.9 Å². The molecule has 0 radical (unpaired) electrons. The molecule has 128 valence electrons. The van der Waals surface area contributed by atoms with Gasteiger partial charge in [-0.1, -0.05) is 35.0 Å². The van der Waals surface area contributed by atoms with Crippen molar-refractivity contribution in [3.63, 3.8) is 0 Å². The molecule has 1 heterocycles. The molecule has 1 saturated heterocycles. The molecule has 0 aliphatic carbocycles. The minimum Gasteiger partial charge on any atom is -0.356 e. The summed E-state index contributed by atoms with van der Waals surface area (Å²) in [4.78, 5) is 9.18. The van der Waals surface area contributed by atoms with E-state index in [1.165, 1.54) is 38.0 Å². The molecule has 0 spiro atoms. The minimum absolute atomic E-state index is 0.736. The van der Waals surface area contributed by atoms with Crippen molar-refractivity contribution in [2.75, 3.05) is 40.3 Å². The smallest absolute Gasteiger partial charge is 0.193 e. The molecule has 1 fully saturated rings. The van der Waals surface area contributed by atoms with Gasteiger partial charge in [0.05, 0.1) is 0 Å². The van der Waals surface area contributed by atoms with E-state index in [-0.39, 0.29) is 0 Å². The Kier molecular flexibility index (Phi) is 7.37. The minimum atomic E-state index is 0.736. The number of guanidine groups is 1. The second-order valence-corrected chi connectivity index (χ2v) is 7.28. The number of benzene rings is 1. The van der Waals surface area contributed by atoms with Gasteiger partial charge < -0.3 is 15.1 Å². The SMILES string of the molecule is CCCN1CCC(CNC(=NC)N(C)Cc2ccc(Br)cc2)C1. The summed E-state index contributed by atoms with van der Waals surface area (Å²) in [5.74, 6) is 1.71. The first-order valence-electron chi connectivity index (χ1n) is 8.51. The number of hydrogen-bond acceptors (Lipinski definition) is 2. The zero-order valence-corrected chi connectivity index (χ0v) is 16.1. The van der Waals surface area contributed by atoms with Crippen molar-refractivity contribution in [3.05, 3.63) is 34.3 Å². The summed E-state index contributed by atoms with van der Waals surface area (Å²) in [6.45, 7) is 7.82. The number of halogens is 1. The molecule has 0 bridgehead atoms. The van der Waals surface area contributed by atoms with Crippen LogP contribution in [0.2, 0.25) is 0 Å². The van der Waals surface area contributed by atoms with Crippen LogP contribution in [0.5, 0.6) is 0 Å². The Morgan fingerprint density at radius 1 is 1.39 bits per heavy atom. The van der Waals surface area contributed by atoms with E-state index >= 15 is 0 Å². The summed E-state index contributed by atoms with van der Waals surface area (Å²) in [7, 11) is 3.95. The van der Waals surface area contributed by atoms with Gasteiger partial charge in [0.1, 0.15) is 0 Å². The van der Waals surface area contributed by atoms with E-state index in [0.717, 1.165) is 29.4 Å². The van der Waals surface area contributed by atoms with Gasteiger partial charge in [-0.25, -0.2) is 0 Å². The third-order valence-corrected chi connectivity index (χ3v) is 4.89. The Bertz CT molecular complexity index is 500. The molecular weight excluding hydrogens is 352 g/mol. The Labute approximate surface area is 149 Å². The maximum atomic E-state index is 4.43. The highest BCUT2D eigenvalue weighted by Crippen LogP contribution is 2.16. The Morgan fingerprint density at radius 3 is 2.78 bits per heavy atom. The van der Waals surface area contributed by atoms with Crippen LogP contribution in [0.25, 0.3) is 0 Å². The Morgan fingerprint density at radius 2 is 2.13 bits per heavy atom. The fourth-order valence-electron chi connectivity index (χ4n) is 3.16. The number of likely N-dealkylation sites (tertiary alicyclic amines) is 1. The van der Waals surface area contributed by atoms with Crippen LogP contribution in [0.3, 0.4) is 0 Å². The van der Waals surface area contributed by atoms with Gasteiger partial charge in [0.15, 0.2) is 5.96 Å². The quantitative estimate of drug-likeness (QED) is 0.607. The summed E-state index contributed by atoms with van der Waals surface area (Å²) < 4.78 is 1.12. The Hall–Kier alpha value is -1.07. The maximum absolute atomic E-state index is 4.43. The van der Waals surface area contributed by atoms with Crippen molar-refractivity contribution < 1.29 is 0 Å². The second kappa shape index (κ2) is 9.28. The van der Waals surface area contributed by atoms with Gasteiger partial charge >= 0.3 is 0 Å². The Balaban J connectivity index is 1.79. The van der Waals surface area contributed by atoms with Crippen LogP contribution < -0.4 is 5.32 Å². The van der Waals surface area contributed by atoms with E-state index in [4.69, 9.17) is 0 Å². The fraction of sp³-hybridized carbons (Fsp3) is 0.611. The predicted molar refractivity (Wildman–Crippen MR) is 102 cm³/mol. The van der Waals surface area contributed by atoms with Gasteiger partial charge in [-0.2, -0.15) is 0 Å². The first-order valence-corrected chi connectivity index (χ1v) is 9.30. The fourth-order valence-corrected chi connectivity index (χ4v) is 3.42. The van der Waals surface area contributed by atoms with E-state index in [1.54, 1.807) is 0 Å². The lowest BCUT2D eigenvalue weighted by Crippen LogP contribution is -2.41. The molecule has 4 nitrogen and oxygen atoms in total. The molecule has 1 N–H and O–H groups in total. The van der Waals surface area contributed by atoms with Crippen LogP contribution in [-0.4, -0.2) is 56.0 Å². The summed E-state index contributed by atoms with van der Waals surface area (Å²) in [6.07, 6.45) is 2.54. The van der Waals surface area contributed by atoms with Crippen LogP contribution in [-0.2, 0) is 6.54 Å². The van der Waals surface area contributed by atoms with Crippen molar-refractivity contribution >= 4 is 21.9 Å². The van der Waals surface area contributed by atoms with E-state index in [9.17, 15) is 0 Å². The molecule has 1 atom stereocenters. The lowest BCUT2D eigenvalue weighted by Gasteiger charge is -2.23. The summed E-state index contributed by atoms with van der Waals surface area (Å²) in [5, 5.41) is 3.55. The predicted octanol–water partition coefficient (Wildman–Crippen LogP) is 3.19. The lowest BCUT2D eigenvalue weighted by atomic mass is 10.1. The van der Waals surface area contributed by atoms with Gasteiger partial charge in [-0.3, -0.25) is 4.99 Å². The van der Waals surface area contributed by atoms with Crippen LogP contribution in [0.1, 0.15) is 25.3 Å². The number of hydrogen-bond donors (Lipinski definition) is 1. The third-order valence-electron chi connectivity index (χ3n) is 4.37. The van der Waals surface area contributed by atoms with Gasteiger partial charge in [0.2, 0.25) is 0 Å². The molecule has 1 aliphatic rings. The van der Waals surface area contributed by atoms with Crippen molar-refractivity contribution in [1.29, 1.82) is 0 Å². The highest BCUT2D eigenvalue weighted by Gasteiger charge is 2.22. The first-order chi connectivity index (χ1) is 11.1. The van der Waals surface area contributed by atoms with E-state index in [2.05, 4.69) is 74.3 Å². The van der Waals surface area contributed by atoms with E-state index < -0.39 is 0 Å². The van der Waals surface area contributed by atoms with E-state index in [0.29, 0.717) is 0 Å². The molecule has 1 unspecified atom stereocenters. The molecule has 2 rings (SSSR count). The first kappa shape index (κ1) is 18.3. The van der Waals surface area contributed by atoms with Crippen LogP contribution in [0, 0.1) is 5.92 Å². The molecular formula is C18H29BrN4. The van der Waals surface area contributed by atoms with Gasteiger partial charge in [0.25, 0.3) is 0 Å². The monoisotopic (exact) mass is 380 g/mol. The number of rotatable bonds is 6. The average Bonchev–Trinajstić information content (AvgIpc) is 2.98. The molecule has 1 aromatic carbocycles. The van der Waals surface area contributed by atoms with Gasteiger partial charge in [-0.15, -0.1) is 0 Å². The molecule has 23 heavy (non-hydrogen) atoms. The number of aliphatic imine (C=N–C) groups is 1. The zero-order valence-electron chi connectivity index (χ0n) is 14.6. The van der Waals surface area contributed by atoms with Crippen molar-refractivity contribution in [2.24, 2.45) is 10.9 Å². The van der Waals surface area contributed by atoms with Gasteiger partial charge in [-0.05, 0) is 49.5 Å². The van der Waals surface area contributed by atoms with Crippen molar-refractivity contribution in [1.82, 2.24) is 15.1 Å². The number of nitrogens with zero attached hydrogens (tertiary/aromatic N) is 3. The second-order valence-electron chi connectivity index (χ2n) is 6.37. The maximum Gasteiger partial charge on any atom is 0.193 e. The molecule has 0 aromatic heterocycles. The summed E-state index contributed by atoms with van der Waals surface area (Å²) in [5.41, 5.74) is 1.29. The summed E-state index contributed by atoms with van der Waals surface area (Å²) >= 11 is 3.48. The molecule has 1 aliphatic heterocycles. The van der Waals surface area contributed by atoms with Gasteiger partial charge in [0, 0.05) is 38.2 Å². The largest absolute Gasteiger partial charge is 0.356 e. The molecule has 0 saturated carbocycles. The molecule has 1 aromatic rings. The lowest BCUT2D eigenvalue weighted by molar-refractivity contribution is 0.324. The molecule has 5 heteroatoms. The highest BCUT2D eigenvalue weighted by molar-refractivity contribution is 9.10. The summed E-state index contributed by atoms with van der Waals surface area (Å²) in [6, 6.07) is 8.46. The van der Waals surface area contributed by atoms with E-state index in [1.807, 2.05) is 7.05 Å². The van der Waals surface area contributed by atoms with Crippen molar-refractivity contribution in [2.45, 2.75) is 26.3 Å². The highest BCUT2D eigenvalue weighted by atomic mass is 79.9. The van der Waals surface area contributed by atoms with Crippen LogP contribution in [0.4, 0.5) is 0 Å². The van der Waals surface area contributed by atoms with Crippen molar-refractivity contribution in [3.8, 4) is 0 Å². The third kappa shape index (κ3) is 5.81. The van der Waals surface area contributed by atoms with Crippen LogP contribution in [0.15, 0.2) is 33.7 Å². The topological polar surface area (TPSA) is 30.9 Å². The zero-order chi connectivity index (χ0) is 16.7. The normalized spacial score (nSPS) is 19.1. The number of nitrogens with one attached hydrogen (secondary N) is 1. The molecule has 0 amide bonds. The standard InChI is InChI=1S/C18H29BrN4/c1-4-10-23-11-9-16(14-23)12-21-18(20-2)22(3)13-15-5-7-17(19)8-6-15/h5-8,16H,4,9-14H2,1-3H3,(H,20,21). The average molecular weight is 381 g/mol.